The second-order valence-electron chi connectivity index (χ2n) is 5.12. The summed E-state index contributed by atoms with van der Waals surface area (Å²) in [6.45, 7) is 2.28. The molecule has 0 saturated carbocycles. The first-order chi connectivity index (χ1) is 10.6. The van der Waals surface area contributed by atoms with E-state index in [1.165, 1.54) is 18.2 Å². The van der Waals surface area contributed by atoms with Crippen molar-refractivity contribution < 1.29 is 14.5 Å². The largest absolute Gasteiger partial charge is 0.487 e. The predicted octanol–water partition coefficient (Wildman–Crippen LogP) is 3.02. The molecule has 6 heteroatoms. The van der Waals surface area contributed by atoms with Gasteiger partial charge in [-0.15, -0.1) is 0 Å². The summed E-state index contributed by atoms with van der Waals surface area (Å²) in [6, 6.07) is 13.0. The Morgan fingerprint density at radius 3 is 2.82 bits per heavy atom. The molecule has 2 aromatic carbocycles. The number of hydrogen-bond donors (Lipinski definition) is 0. The van der Waals surface area contributed by atoms with E-state index in [0.29, 0.717) is 18.0 Å². The maximum absolute atomic E-state index is 12.7. The fourth-order valence-electron chi connectivity index (χ4n) is 2.49. The zero-order chi connectivity index (χ0) is 15.7. The molecule has 112 valence electrons. The minimum Gasteiger partial charge on any atom is -0.487 e. The second kappa shape index (κ2) is 5.48. The molecule has 0 fully saturated rings. The van der Waals surface area contributed by atoms with E-state index in [9.17, 15) is 14.9 Å². The predicted molar refractivity (Wildman–Crippen MR) is 81.3 cm³/mol. The highest BCUT2D eigenvalue weighted by Gasteiger charge is 2.28. The highest BCUT2D eigenvalue weighted by molar-refractivity contribution is 6.07. The van der Waals surface area contributed by atoms with Crippen LogP contribution in [0.3, 0.4) is 0 Å². The summed E-state index contributed by atoms with van der Waals surface area (Å²) in [6.07, 6.45) is -0.141. The maximum Gasteiger partial charge on any atom is 0.270 e. The molecule has 1 aliphatic rings. The van der Waals surface area contributed by atoms with Crippen molar-refractivity contribution in [2.45, 2.75) is 13.0 Å². The lowest BCUT2D eigenvalue weighted by molar-refractivity contribution is -0.384. The Morgan fingerprint density at radius 1 is 1.27 bits per heavy atom. The lowest BCUT2D eigenvalue weighted by Gasteiger charge is -2.33. The third kappa shape index (κ3) is 2.50. The van der Waals surface area contributed by atoms with E-state index in [4.69, 9.17) is 4.74 Å². The molecule has 0 aliphatic carbocycles. The van der Waals surface area contributed by atoms with Gasteiger partial charge in [-0.3, -0.25) is 14.9 Å². The topological polar surface area (TPSA) is 72.7 Å². The fraction of sp³-hybridized carbons (Fsp3) is 0.188. The molecule has 0 bridgehead atoms. The molecule has 1 heterocycles. The average Bonchev–Trinajstić information content (AvgIpc) is 2.53. The van der Waals surface area contributed by atoms with Gasteiger partial charge >= 0.3 is 0 Å². The molecule has 0 N–H and O–H groups in total. The lowest BCUT2D eigenvalue weighted by atomic mass is 10.1. The van der Waals surface area contributed by atoms with Gasteiger partial charge in [0.15, 0.2) is 0 Å². The Hall–Kier alpha value is -2.89. The van der Waals surface area contributed by atoms with Crippen LogP contribution in [0.15, 0.2) is 48.5 Å². The number of fused-ring (bicyclic) bond motifs is 1. The number of benzene rings is 2. The zero-order valence-electron chi connectivity index (χ0n) is 11.9. The van der Waals surface area contributed by atoms with Crippen LogP contribution in [-0.4, -0.2) is 23.5 Å². The highest BCUT2D eigenvalue weighted by Crippen LogP contribution is 2.34. The van der Waals surface area contributed by atoms with Gasteiger partial charge in [0, 0.05) is 17.7 Å². The van der Waals surface area contributed by atoms with Crippen LogP contribution in [0.5, 0.6) is 5.75 Å². The van der Waals surface area contributed by atoms with E-state index in [1.54, 1.807) is 23.1 Å². The van der Waals surface area contributed by atoms with Crippen LogP contribution in [-0.2, 0) is 0 Å². The molecular formula is C16H14N2O4. The monoisotopic (exact) mass is 298 g/mol. The Balaban J connectivity index is 1.99. The van der Waals surface area contributed by atoms with Crippen molar-refractivity contribution in [2.75, 3.05) is 11.4 Å². The van der Waals surface area contributed by atoms with Crippen molar-refractivity contribution >= 4 is 17.3 Å². The van der Waals surface area contributed by atoms with E-state index in [-0.39, 0.29) is 23.3 Å². The number of nitrogens with zero attached hydrogens (tertiary/aromatic N) is 2. The molecule has 0 spiro atoms. The third-order valence-corrected chi connectivity index (χ3v) is 3.47. The van der Waals surface area contributed by atoms with Crippen molar-refractivity contribution in [2.24, 2.45) is 0 Å². The minimum absolute atomic E-state index is 0.0968. The van der Waals surface area contributed by atoms with Crippen LogP contribution in [0.25, 0.3) is 0 Å². The molecule has 1 atom stereocenters. The van der Waals surface area contributed by atoms with Gasteiger partial charge in [-0.1, -0.05) is 18.2 Å². The van der Waals surface area contributed by atoms with Crippen molar-refractivity contribution in [1.82, 2.24) is 0 Å². The lowest BCUT2D eigenvalue weighted by Crippen LogP contribution is -2.42. The van der Waals surface area contributed by atoms with E-state index in [1.807, 2.05) is 19.1 Å². The van der Waals surface area contributed by atoms with Crippen molar-refractivity contribution in [3.05, 3.63) is 64.2 Å². The van der Waals surface area contributed by atoms with Gasteiger partial charge in [0.2, 0.25) is 0 Å². The molecule has 0 radical (unpaired) electrons. The summed E-state index contributed by atoms with van der Waals surface area (Å²) < 4.78 is 5.71. The van der Waals surface area contributed by atoms with Gasteiger partial charge in [-0.05, 0) is 25.1 Å². The molecule has 1 aliphatic heterocycles. The van der Waals surface area contributed by atoms with Crippen LogP contribution in [0.2, 0.25) is 0 Å². The third-order valence-electron chi connectivity index (χ3n) is 3.47. The summed E-state index contributed by atoms with van der Waals surface area (Å²) in [5, 5.41) is 10.9. The Kier molecular flexibility index (Phi) is 3.50. The zero-order valence-corrected chi connectivity index (χ0v) is 11.9. The van der Waals surface area contributed by atoms with Gasteiger partial charge in [0.1, 0.15) is 11.9 Å². The molecule has 1 amide bonds. The first-order valence-electron chi connectivity index (χ1n) is 6.88. The summed E-state index contributed by atoms with van der Waals surface area (Å²) in [4.78, 5) is 24.7. The van der Waals surface area contributed by atoms with E-state index < -0.39 is 4.92 Å². The van der Waals surface area contributed by atoms with Gasteiger partial charge in [-0.25, -0.2) is 0 Å². The normalized spacial score (nSPS) is 16.6. The molecule has 3 rings (SSSR count). The van der Waals surface area contributed by atoms with E-state index in [0.717, 1.165) is 0 Å². The van der Waals surface area contributed by atoms with Crippen LogP contribution in [0.4, 0.5) is 11.4 Å². The number of carbonyl (C=O) groups is 1. The van der Waals surface area contributed by atoms with E-state index in [2.05, 4.69) is 0 Å². The number of ether oxygens (including phenoxy) is 1. The molecule has 22 heavy (non-hydrogen) atoms. The van der Waals surface area contributed by atoms with E-state index >= 15 is 0 Å². The number of hydrogen-bond acceptors (Lipinski definition) is 4. The van der Waals surface area contributed by atoms with Crippen LogP contribution < -0.4 is 9.64 Å². The summed E-state index contributed by atoms with van der Waals surface area (Å²) >= 11 is 0. The van der Waals surface area contributed by atoms with Gasteiger partial charge < -0.3 is 9.64 Å². The Morgan fingerprint density at radius 2 is 2.05 bits per heavy atom. The number of anilines is 1. The molecule has 0 saturated heterocycles. The molecule has 0 unspecified atom stereocenters. The van der Waals surface area contributed by atoms with Crippen molar-refractivity contribution in [3.63, 3.8) is 0 Å². The van der Waals surface area contributed by atoms with Gasteiger partial charge in [-0.2, -0.15) is 0 Å². The van der Waals surface area contributed by atoms with Crippen LogP contribution >= 0.6 is 0 Å². The maximum atomic E-state index is 12.7. The summed E-state index contributed by atoms with van der Waals surface area (Å²) in [7, 11) is 0. The fourth-order valence-corrected chi connectivity index (χ4v) is 2.49. The first kappa shape index (κ1) is 14.1. The summed E-state index contributed by atoms with van der Waals surface area (Å²) in [5.74, 6) is 0.367. The smallest absolute Gasteiger partial charge is 0.270 e. The number of para-hydroxylation sites is 2. The molecule has 2 aromatic rings. The number of nitro groups is 1. The molecule has 6 nitrogen and oxygen atoms in total. The number of carbonyl (C=O) groups excluding carboxylic acids is 1. The number of non-ortho nitro benzene ring substituents is 1. The molecule has 0 aromatic heterocycles. The Bertz CT molecular complexity index is 744. The Labute approximate surface area is 127 Å². The summed E-state index contributed by atoms with van der Waals surface area (Å²) in [5.41, 5.74) is 0.871. The van der Waals surface area contributed by atoms with Crippen LogP contribution in [0, 0.1) is 10.1 Å². The standard InChI is InChI=1S/C16H14N2O4/c1-11-10-17(14-7-2-3-8-15(14)22-11)16(19)12-5-4-6-13(9-12)18(20)21/h2-9,11H,10H2,1H3/t11-/m1/s1. The van der Waals surface area contributed by atoms with Crippen molar-refractivity contribution in [3.8, 4) is 5.75 Å². The van der Waals surface area contributed by atoms with Gasteiger partial charge in [0.25, 0.3) is 11.6 Å². The highest BCUT2D eigenvalue weighted by atomic mass is 16.6. The van der Waals surface area contributed by atoms with Crippen LogP contribution in [0.1, 0.15) is 17.3 Å². The minimum atomic E-state index is -0.507. The number of amides is 1. The van der Waals surface area contributed by atoms with Gasteiger partial charge in [0.05, 0.1) is 17.2 Å². The number of nitro benzene ring substituents is 1. The van der Waals surface area contributed by atoms with Crippen molar-refractivity contribution in [1.29, 1.82) is 0 Å². The SMILES string of the molecule is C[C@@H]1CN(C(=O)c2cccc([N+](=O)[O-])c2)c2ccccc2O1. The quantitative estimate of drug-likeness (QED) is 0.631. The first-order valence-corrected chi connectivity index (χ1v) is 6.88. The molecular weight excluding hydrogens is 284 g/mol. The number of rotatable bonds is 2. The average molecular weight is 298 g/mol. The second-order valence-corrected chi connectivity index (χ2v) is 5.12.